The molecule has 2 aromatic carbocycles. The van der Waals surface area contributed by atoms with Gasteiger partial charge in [0.1, 0.15) is 5.75 Å². The van der Waals surface area contributed by atoms with Gasteiger partial charge in [-0.25, -0.2) is 0 Å². The number of amides is 1. The number of ether oxygens (including phenoxy) is 1. The molecule has 0 saturated heterocycles. The van der Waals surface area contributed by atoms with Crippen LogP contribution in [0.5, 0.6) is 5.75 Å². The van der Waals surface area contributed by atoms with Crippen molar-refractivity contribution >= 4 is 17.4 Å². The Morgan fingerprint density at radius 1 is 1.15 bits per heavy atom. The number of hydrogen-bond donors (Lipinski definition) is 1. The van der Waals surface area contributed by atoms with E-state index in [4.69, 9.17) is 4.74 Å². The Bertz CT molecular complexity index is 886. The largest absolute Gasteiger partial charge is 0.503 e. The summed E-state index contributed by atoms with van der Waals surface area (Å²) in [5, 5.41) is 10.5. The molecule has 5 heteroatoms. The highest BCUT2D eigenvalue weighted by molar-refractivity contribution is 6.16. The van der Waals surface area contributed by atoms with E-state index in [1.165, 1.54) is 4.90 Å². The highest BCUT2D eigenvalue weighted by Crippen LogP contribution is 2.41. The second-order valence-electron chi connectivity index (χ2n) is 6.69. The number of benzene rings is 2. The van der Waals surface area contributed by atoms with Gasteiger partial charge in [-0.3, -0.25) is 14.5 Å². The molecule has 0 saturated carbocycles. The summed E-state index contributed by atoms with van der Waals surface area (Å²) in [5.41, 5.74) is 1.47. The van der Waals surface area contributed by atoms with Crippen molar-refractivity contribution in [1.29, 1.82) is 0 Å². The lowest BCUT2D eigenvalue weighted by atomic mass is 9.94. The zero-order valence-corrected chi connectivity index (χ0v) is 15.7. The molecule has 1 amide bonds. The fourth-order valence-corrected chi connectivity index (χ4v) is 3.28. The summed E-state index contributed by atoms with van der Waals surface area (Å²) in [6, 6.07) is 15.7. The fraction of sp³-hybridized carbons (Fsp3) is 0.273. The molecule has 2 aromatic rings. The summed E-state index contributed by atoms with van der Waals surface area (Å²) >= 11 is 0. The Hall–Kier alpha value is -3.08. The number of Topliss-reactive ketones (excluding diaryl/α,β-unsaturated/α-hetero) is 1. The maximum Gasteiger partial charge on any atom is 0.294 e. The number of carbonyl (C=O) groups is 2. The van der Waals surface area contributed by atoms with Gasteiger partial charge < -0.3 is 9.84 Å². The molecule has 0 aliphatic carbocycles. The van der Waals surface area contributed by atoms with E-state index in [9.17, 15) is 14.7 Å². The lowest BCUT2D eigenvalue weighted by Gasteiger charge is -2.27. The van der Waals surface area contributed by atoms with E-state index in [0.717, 1.165) is 0 Å². The van der Waals surface area contributed by atoms with Crippen molar-refractivity contribution in [1.82, 2.24) is 0 Å². The Balaban J connectivity index is 2.14. The van der Waals surface area contributed by atoms with Crippen LogP contribution in [0.1, 0.15) is 38.8 Å². The molecule has 0 aromatic heterocycles. The van der Waals surface area contributed by atoms with Crippen molar-refractivity contribution in [2.45, 2.75) is 39.3 Å². The molecule has 140 valence electrons. The molecule has 1 heterocycles. The van der Waals surface area contributed by atoms with Crippen LogP contribution in [-0.2, 0) is 9.59 Å². The predicted octanol–water partition coefficient (Wildman–Crippen LogP) is 4.35. The minimum atomic E-state index is -0.692. The van der Waals surface area contributed by atoms with Gasteiger partial charge in [-0.2, -0.15) is 0 Å². The third-order valence-electron chi connectivity index (χ3n) is 4.41. The van der Waals surface area contributed by atoms with Gasteiger partial charge in [0.05, 0.1) is 17.7 Å². The highest BCUT2D eigenvalue weighted by Gasteiger charge is 2.43. The third kappa shape index (κ3) is 3.58. The van der Waals surface area contributed by atoms with Gasteiger partial charge in [-0.05, 0) is 43.7 Å². The molecular weight excluding hydrogens is 342 g/mol. The van der Waals surface area contributed by atoms with Gasteiger partial charge in [-0.15, -0.1) is 0 Å². The maximum absolute atomic E-state index is 12.8. The molecule has 0 bridgehead atoms. The molecule has 0 radical (unpaired) electrons. The van der Waals surface area contributed by atoms with E-state index in [2.05, 4.69) is 0 Å². The van der Waals surface area contributed by atoms with Crippen molar-refractivity contribution in [2.75, 3.05) is 4.90 Å². The Labute approximate surface area is 158 Å². The van der Waals surface area contributed by atoms with E-state index in [1.807, 2.05) is 56.3 Å². The molecule has 0 fully saturated rings. The van der Waals surface area contributed by atoms with Crippen LogP contribution in [0, 0.1) is 0 Å². The lowest BCUT2D eigenvalue weighted by Crippen LogP contribution is -2.31. The van der Waals surface area contributed by atoms with Gasteiger partial charge >= 0.3 is 0 Å². The lowest BCUT2D eigenvalue weighted by molar-refractivity contribution is -0.118. The molecule has 1 N–H and O–H groups in total. The average molecular weight is 365 g/mol. The number of ketones is 1. The summed E-state index contributed by atoms with van der Waals surface area (Å²) in [6.45, 7) is 5.58. The van der Waals surface area contributed by atoms with E-state index in [1.54, 1.807) is 19.1 Å². The maximum atomic E-state index is 12.8. The topological polar surface area (TPSA) is 66.8 Å². The minimum absolute atomic E-state index is 0.00336. The zero-order chi connectivity index (χ0) is 19.6. The van der Waals surface area contributed by atoms with E-state index >= 15 is 0 Å². The van der Waals surface area contributed by atoms with Crippen LogP contribution in [0.4, 0.5) is 5.69 Å². The molecule has 5 nitrogen and oxygen atoms in total. The van der Waals surface area contributed by atoms with Gasteiger partial charge in [-0.1, -0.05) is 37.3 Å². The summed E-state index contributed by atoms with van der Waals surface area (Å²) in [7, 11) is 0. The normalized spacial score (nSPS) is 17.0. The van der Waals surface area contributed by atoms with Crippen molar-refractivity contribution in [2.24, 2.45) is 0 Å². The van der Waals surface area contributed by atoms with Gasteiger partial charge in [0.15, 0.2) is 11.5 Å². The summed E-state index contributed by atoms with van der Waals surface area (Å²) < 4.78 is 5.76. The summed E-state index contributed by atoms with van der Waals surface area (Å²) in [4.78, 5) is 26.8. The first-order valence-corrected chi connectivity index (χ1v) is 9.05. The van der Waals surface area contributed by atoms with Crippen LogP contribution >= 0.6 is 0 Å². The number of aliphatic hydroxyl groups is 1. The Morgan fingerprint density at radius 3 is 2.48 bits per heavy atom. The first-order valence-electron chi connectivity index (χ1n) is 9.05. The van der Waals surface area contributed by atoms with Crippen LogP contribution < -0.4 is 9.64 Å². The minimum Gasteiger partial charge on any atom is -0.503 e. The zero-order valence-electron chi connectivity index (χ0n) is 15.7. The number of para-hydroxylation sites is 1. The van der Waals surface area contributed by atoms with Gasteiger partial charge in [0.2, 0.25) is 0 Å². The average Bonchev–Trinajstić information content (AvgIpc) is 2.93. The quantitative estimate of drug-likeness (QED) is 0.826. The van der Waals surface area contributed by atoms with E-state index in [0.29, 0.717) is 17.0 Å². The number of anilines is 1. The summed E-state index contributed by atoms with van der Waals surface area (Å²) in [6.07, 6.45) is 0.199. The second kappa shape index (κ2) is 7.66. The fourth-order valence-electron chi connectivity index (χ4n) is 3.28. The predicted molar refractivity (Wildman–Crippen MR) is 104 cm³/mol. The van der Waals surface area contributed by atoms with Gasteiger partial charge in [0, 0.05) is 12.1 Å². The molecule has 3 rings (SSSR count). The monoisotopic (exact) mass is 365 g/mol. The van der Waals surface area contributed by atoms with Crippen LogP contribution in [0.3, 0.4) is 0 Å². The van der Waals surface area contributed by atoms with Crippen LogP contribution in [0.25, 0.3) is 0 Å². The third-order valence-corrected chi connectivity index (χ3v) is 4.41. The molecule has 27 heavy (non-hydrogen) atoms. The number of rotatable bonds is 6. The molecular formula is C22H23NO4. The Morgan fingerprint density at radius 2 is 1.85 bits per heavy atom. The second-order valence-corrected chi connectivity index (χ2v) is 6.69. The van der Waals surface area contributed by atoms with E-state index < -0.39 is 17.7 Å². The summed E-state index contributed by atoms with van der Waals surface area (Å²) in [5.74, 6) is -0.652. The number of hydrogen-bond acceptors (Lipinski definition) is 4. The molecule has 1 aliphatic heterocycles. The van der Waals surface area contributed by atoms with Crippen molar-refractivity contribution in [3.05, 3.63) is 71.5 Å². The van der Waals surface area contributed by atoms with Crippen molar-refractivity contribution < 1.29 is 19.4 Å². The molecule has 0 spiro atoms. The van der Waals surface area contributed by atoms with E-state index in [-0.39, 0.29) is 23.9 Å². The Kier molecular flexibility index (Phi) is 5.31. The SMILES string of the molecule is CCC(=O)C1=C(O)C(=O)N(c2ccccc2)C1c1cccc(OC(C)C)c1. The number of nitrogens with zero attached hydrogens (tertiary/aromatic N) is 1. The standard InChI is InChI=1S/C22H23NO4/c1-4-18(24)19-20(15-9-8-12-17(13-15)27-14(2)3)23(22(26)21(19)25)16-10-6-5-7-11-16/h5-14,20,25H,4H2,1-3H3. The van der Waals surface area contributed by atoms with Gasteiger partial charge in [0.25, 0.3) is 5.91 Å². The van der Waals surface area contributed by atoms with Crippen molar-refractivity contribution in [3.63, 3.8) is 0 Å². The molecule has 1 aliphatic rings. The molecule has 1 atom stereocenters. The van der Waals surface area contributed by atoms with Crippen LogP contribution in [-0.4, -0.2) is 22.9 Å². The first kappa shape index (κ1) is 18.7. The number of carbonyl (C=O) groups excluding carboxylic acids is 2. The first-order chi connectivity index (χ1) is 12.9. The van der Waals surface area contributed by atoms with Crippen LogP contribution in [0.15, 0.2) is 65.9 Å². The van der Waals surface area contributed by atoms with Crippen molar-refractivity contribution in [3.8, 4) is 5.75 Å². The number of aliphatic hydroxyl groups excluding tert-OH is 1. The highest BCUT2D eigenvalue weighted by atomic mass is 16.5. The van der Waals surface area contributed by atoms with Crippen LogP contribution in [0.2, 0.25) is 0 Å². The smallest absolute Gasteiger partial charge is 0.294 e. The molecule has 1 unspecified atom stereocenters.